The van der Waals surface area contributed by atoms with Gasteiger partial charge in [0.25, 0.3) is 5.88 Å². The zero-order chi connectivity index (χ0) is 19.3. The zero-order valence-corrected chi connectivity index (χ0v) is 16.2. The second kappa shape index (κ2) is 6.75. The van der Waals surface area contributed by atoms with Gasteiger partial charge in [0, 0.05) is 25.8 Å². The molecule has 3 aromatic heterocycles. The van der Waals surface area contributed by atoms with E-state index in [2.05, 4.69) is 27.0 Å². The maximum atomic E-state index is 6.21. The van der Waals surface area contributed by atoms with Crippen molar-refractivity contribution in [3.63, 3.8) is 0 Å². The molecule has 9 nitrogen and oxygen atoms in total. The summed E-state index contributed by atoms with van der Waals surface area (Å²) >= 11 is 6.21. The molecule has 0 radical (unpaired) electrons. The molecule has 28 heavy (non-hydrogen) atoms. The minimum Gasteiger partial charge on any atom is -0.475 e. The summed E-state index contributed by atoms with van der Waals surface area (Å²) in [4.78, 5) is 9.01. The first-order valence-corrected chi connectivity index (χ1v) is 9.63. The average molecular weight is 402 g/mol. The number of rotatable bonds is 1. The van der Waals surface area contributed by atoms with Crippen LogP contribution in [0.25, 0.3) is 11.0 Å². The van der Waals surface area contributed by atoms with Crippen molar-refractivity contribution >= 4 is 34.3 Å². The highest BCUT2D eigenvalue weighted by Gasteiger charge is 2.27. The molecule has 2 bridgehead atoms. The van der Waals surface area contributed by atoms with Crippen molar-refractivity contribution in [2.45, 2.75) is 32.4 Å². The third-order valence-electron chi connectivity index (χ3n) is 5.14. The summed E-state index contributed by atoms with van der Waals surface area (Å²) < 4.78 is 15.3. The summed E-state index contributed by atoms with van der Waals surface area (Å²) in [6, 6.07) is 0.0863. The predicted molar refractivity (Wildman–Crippen MR) is 104 cm³/mol. The third kappa shape index (κ3) is 2.82. The average Bonchev–Trinajstić information content (AvgIpc) is 3.16. The smallest absolute Gasteiger partial charge is 0.257 e. The van der Waals surface area contributed by atoms with E-state index in [1.165, 1.54) is 0 Å². The van der Waals surface area contributed by atoms with Gasteiger partial charge >= 0.3 is 0 Å². The van der Waals surface area contributed by atoms with Gasteiger partial charge in [-0.3, -0.25) is 4.68 Å². The Bertz CT molecular complexity index is 1070. The lowest BCUT2D eigenvalue weighted by Gasteiger charge is -2.26. The van der Waals surface area contributed by atoms with E-state index in [-0.39, 0.29) is 6.04 Å². The van der Waals surface area contributed by atoms with Crippen LogP contribution in [0.1, 0.15) is 24.6 Å². The Balaban J connectivity index is 1.59. The first kappa shape index (κ1) is 17.4. The molecule has 146 valence electrons. The van der Waals surface area contributed by atoms with E-state index < -0.39 is 0 Å². The minimum atomic E-state index is 0.0863. The number of aryl methyl sites for hydroxylation is 1. The first-order chi connectivity index (χ1) is 13.6. The molecule has 0 aliphatic carbocycles. The second-order valence-electron chi connectivity index (χ2n) is 7.00. The van der Waals surface area contributed by atoms with Crippen LogP contribution < -0.4 is 10.1 Å². The maximum absolute atomic E-state index is 6.21. The number of nitrogens with one attached hydrogen (secondary N) is 1. The molecule has 1 saturated heterocycles. The highest BCUT2D eigenvalue weighted by molar-refractivity contribution is 6.34. The number of hydrogen-bond acceptors (Lipinski definition) is 7. The Labute approximate surface area is 166 Å². The standard InChI is InChI=1S/C18H20ClN7O2/c1-10-9-27-7-4-13(10)26-11(2)14-17(24-26)28-6-3-5-25-16-12(15(19)23-25)8-20-18(21-14)22-16/h8,13H,1,3-7,9H2,2H3,(H,20,21,22)/t13-/m0/s1. The lowest BCUT2D eigenvalue weighted by Crippen LogP contribution is -2.23. The fourth-order valence-corrected chi connectivity index (χ4v) is 3.89. The summed E-state index contributed by atoms with van der Waals surface area (Å²) in [5.41, 5.74) is 3.41. The molecule has 1 fully saturated rings. The molecular formula is C18H20ClN7O2. The molecule has 1 N–H and O–H groups in total. The van der Waals surface area contributed by atoms with Gasteiger partial charge in [0.15, 0.2) is 10.8 Å². The Morgan fingerprint density at radius 3 is 3.07 bits per heavy atom. The van der Waals surface area contributed by atoms with E-state index in [9.17, 15) is 0 Å². The van der Waals surface area contributed by atoms with Crippen molar-refractivity contribution in [3.05, 3.63) is 29.2 Å². The fourth-order valence-electron chi connectivity index (χ4n) is 3.67. The molecule has 3 aromatic rings. The number of hydrogen-bond donors (Lipinski definition) is 1. The Morgan fingerprint density at radius 2 is 2.21 bits per heavy atom. The molecule has 0 saturated carbocycles. The Kier molecular flexibility index (Phi) is 4.21. The molecule has 2 aliphatic rings. The normalized spacial score (nSPS) is 19.8. The predicted octanol–water partition coefficient (Wildman–Crippen LogP) is 3.03. The first-order valence-electron chi connectivity index (χ1n) is 9.25. The van der Waals surface area contributed by atoms with Crippen LogP contribution in [0.4, 0.5) is 11.6 Å². The van der Waals surface area contributed by atoms with E-state index in [0.29, 0.717) is 49.0 Å². The lowest BCUT2D eigenvalue weighted by molar-refractivity contribution is 0.106. The van der Waals surface area contributed by atoms with Crippen molar-refractivity contribution < 1.29 is 9.47 Å². The van der Waals surface area contributed by atoms with E-state index in [0.717, 1.165) is 35.2 Å². The molecule has 5 rings (SSSR count). The minimum absolute atomic E-state index is 0.0863. The number of anilines is 2. The van der Waals surface area contributed by atoms with Crippen LogP contribution in [-0.4, -0.2) is 49.3 Å². The van der Waals surface area contributed by atoms with Gasteiger partial charge in [0.05, 0.1) is 30.3 Å². The molecule has 5 heterocycles. The second-order valence-corrected chi connectivity index (χ2v) is 7.36. The van der Waals surface area contributed by atoms with E-state index in [1.807, 2.05) is 11.6 Å². The van der Waals surface area contributed by atoms with Crippen molar-refractivity contribution in [1.29, 1.82) is 0 Å². The van der Waals surface area contributed by atoms with Gasteiger partial charge in [-0.05, 0) is 18.9 Å². The summed E-state index contributed by atoms with van der Waals surface area (Å²) in [5.74, 6) is 0.989. The van der Waals surface area contributed by atoms with Crippen molar-refractivity contribution in [1.82, 2.24) is 29.5 Å². The van der Waals surface area contributed by atoms with Gasteiger partial charge in [-0.2, -0.15) is 10.1 Å². The van der Waals surface area contributed by atoms with Crippen LogP contribution in [0.15, 0.2) is 18.3 Å². The van der Waals surface area contributed by atoms with Crippen LogP contribution in [0.3, 0.4) is 0 Å². The topological polar surface area (TPSA) is 91.9 Å². The number of nitrogens with zero attached hydrogens (tertiary/aromatic N) is 6. The lowest BCUT2D eigenvalue weighted by atomic mass is 10.0. The highest BCUT2D eigenvalue weighted by atomic mass is 35.5. The fraction of sp³-hybridized carbons (Fsp3) is 0.444. The Morgan fingerprint density at radius 1 is 1.32 bits per heavy atom. The van der Waals surface area contributed by atoms with Crippen LogP contribution in [0, 0.1) is 6.92 Å². The quantitative estimate of drug-likeness (QED) is 0.626. The molecule has 1 atom stereocenters. The molecule has 10 heteroatoms. The van der Waals surface area contributed by atoms with E-state index >= 15 is 0 Å². The van der Waals surface area contributed by atoms with Crippen molar-refractivity contribution in [2.24, 2.45) is 0 Å². The molecular weight excluding hydrogens is 382 g/mol. The molecule has 0 unspecified atom stereocenters. The molecule has 0 amide bonds. The summed E-state index contributed by atoms with van der Waals surface area (Å²) in [6.45, 7) is 8.54. The van der Waals surface area contributed by atoms with Crippen LogP contribution in [0.2, 0.25) is 5.15 Å². The van der Waals surface area contributed by atoms with Gasteiger partial charge in [0.1, 0.15) is 5.69 Å². The molecule has 0 spiro atoms. The van der Waals surface area contributed by atoms with Gasteiger partial charge in [0.2, 0.25) is 5.95 Å². The Hall–Kier alpha value is -2.65. The van der Waals surface area contributed by atoms with Crippen LogP contribution in [0.5, 0.6) is 5.88 Å². The van der Waals surface area contributed by atoms with Gasteiger partial charge in [-0.15, -0.1) is 5.10 Å². The monoisotopic (exact) mass is 401 g/mol. The number of ether oxygens (including phenoxy) is 2. The SMILES string of the molecule is C=C1COCC[C@@H]1n1nc2c(c1C)Nc1ncc3c(Cl)nn(c3n1)CCCO2. The summed E-state index contributed by atoms with van der Waals surface area (Å²) in [6.07, 6.45) is 3.27. The number of halogens is 1. The van der Waals surface area contributed by atoms with Crippen LogP contribution in [-0.2, 0) is 11.3 Å². The van der Waals surface area contributed by atoms with E-state index in [4.69, 9.17) is 26.2 Å². The third-order valence-corrected chi connectivity index (χ3v) is 5.42. The van der Waals surface area contributed by atoms with Gasteiger partial charge in [-0.1, -0.05) is 18.2 Å². The van der Waals surface area contributed by atoms with Gasteiger partial charge in [-0.25, -0.2) is 9.67 Å². The molecule has 2 aliphatic heterocycles. The van der Waals surface area contributed by atoms with E-state index in [1.54, 1.807) is 10.9 Å². The number of fused-ring (bicyclic) bond motifs is 2. The number of aromatic nitrogens is 6. The highest BCUT2D eigenvalue weighted by Crippen LogP contribution is 2.36. The maximum Gasteiger partial charge on any atom is 0.257 e. The van der Waals surface area contributed by atoms with Crippen molar-refractivity contribution in [3.8, 4) is 5.88 Å². The largest absolute Gasteiger partial charge is 0.475 e. The van der Waals surface area contributed by atoms with Crippen LogP contribution >= 0.6 is 11.6 Å². The summed E-state index contributed by atoms with van der Waals surface area (Å²) in [5, 5.41) is 13.5. The summed E-state index contributed by atoms with van der Waals surface area (Å²) in [7, 11) is 0. The zero-order valence-electron chi connectivity index (χ0n) is 15.5. The molecule has 0 aromatic carbocycles. The van der Waals surface area contributed by atoms with Gasteiger partial charge < -0.3 is 14.8 Å². The van der Waals surface area contributed by atoms with Crippen molar-refractivity contribution in [2.75, 3.05) is 25.1 Å².